The van der Waals surface area contributed by atoms with E-state index in [4.69, 9.17) is 4.42 Å². The summed E-state index contributed by atoms with van der Waals surface area (Å²) in [7, 11) is 0. The van der Waals surface area contributed by atoms with Crippen molar-refractivity contribution < 1.29 is 18.7 Å². The van der Waals surface area contributed by atoms with Crippen molar-refractivity contribution in [3.8, 4) is 11.3 Å². The van der Waals surface area contributed by atoms with Gasteiger partial charge in [0.05, 0.1) is 17.0 Å². The Kier molecular flexibility index (Phi) is 5.53. The summed E-state index contributed by atoms with van der Waals surface area (Å²) in [6, 6.07) is 16.0. The lowest BCUT2D eigenvalue weighted by Crippen LogP contribution is -2.12. The number of anilines is 1. The molecule has 0 saturated heterocycles. The maximum absolute atomic E-state index is 14.1. The van der Waals surface area contributed by atoms with Crippen LogP contribution in [0.4, 0.5) is 10.1 Å². The highest BCUT2D eigenvalue weighted by Crippen LogP contribution is 2.31. The number of fused-ring (bicyclic) bond motifs is 1. The van der Waals surface area contributed by atoms with Gasteiger partial charge in [0, 0.05) is 22.9 Å². The molecule has 0 radical (unpaired) electrons. The number of carboxylic acids is 1. The molecule has 0 bridgehead atoms. The van der Waals surface area contributed by atoms with Crippen LogP contribution in [0, 0.1) is 19.7 Å². The van der Waals surface area contributed by atoms with Gasteiger partial charge in [0.2, 0.25) is 0 Å². The number of hydrogen-bond acceptors (Lipinski definition) is 4. The zero-order valence-corrected chi connectivity index (χ0v) is 17.9. The van der Waals surface area contributed by atoms with Gasteiger partial charge in [-0.3, -0.25) is 4.79 Å². The summed E-state index contributed by atoms with van der Waals surface area (Å²) >= 11 is 0. The second-order valence-corrected chi connectivity index (χ2v) is 7.89. The average Bonchev–Trinajstić information content (AvgIpc) is 2.75. The Bertz CT molecular complexity index is 1410. The fourth-order valence-electron chi connectivity index (χ4n) is 3.75. The summed E-state index contributed by atoms with van der Waals surface area (Å²) in [6.07, 6.45) is 0. The van der Waals surface area contributed by atoms with E-state index in [2.05, 4.69) is 5.32 Å². The molecule has 0 amide bonds. The highest BCUT2D eigenvalue weighted by Gasteiger charge is 2.18. The number of halogens is 1. The largest absolute Gasteiger partial charge is 0.478 e. The van der Waals surface area contributed by atoms with E-state index >= 15 is 0 Å². The zero-order valence-electron chi connectivity index (χ0n) is 17.9. The quantitative estimate of drug-likeness (QED) is 0.400. The van der Waals surface area contributed by atoms with E-state index < -0.39 is 5.97 Å². The number of aromatic carboxylic acids is 1. The minimum Gasteiger partial charge on any atom is -0.478 e. The van der Waals surface area contributed by atoms with Crippen molar-refractivity contribution in [1.29, 1.82) is 0 Å². The molecule has 3 aromatic carbocycles. The topological polar surface area (TPSA) is 79.5 Å². The van der Waals surface area contributed by atoms with E-state index in [1.54, 1.807) is 43.3 Å². The second kappa shape index (κ2) is 8.30. The van der Waals surface area contributed by atoms with Crippen LogP contribution in [0.2, 0.25) is 0 Å². The van der Waals surface area contributed by atoms with Crippen molar-refractivity contribution in [1.82, 2.24) is 0 Å². The smallest absolute Gasteiger partial charge is 0.337 e. The Morgan fingerprint density at radius 3 is 2.53 bits per heavy atom. The third kappa shape index (κ3) is 3.99. The molecule has 162 valence electrons. The first kappa shape index (κ1) is 21.3. The van der Waals surface area contributed by atoms with Gasteiger partial charge >= 0.3 is 5.97 Å². The van der Waals surface area contributed by atoms with Gasteiger partial charge in [-0.25, -0.2) is 9.18 Å². The molecule has 6 heteroatoms. The van der Waals surface area contributed by atoms with E-state index in [-0.39, 0.29) is 28.6 Å². The summed E-state index contributed by atoms with van der Waals surface area (Å²) in [5.41, 5.74) is 3.30. The van der Waals surface area contributed by atoms with Crippen LogP contribution in [0.5, 0.6) is 0 Å². The van der Waals surface area contributed by atoms with Crippen molar-refractivity contribution in [2.75, 3.05) is 5.32 Å². The van der Waals surface area contributed by atoms with Gasteiger partial charge in [-0.05, 0) is 56.2 Å². The molecule has 5 nitrogen and oxygen atoms in total. The molecule has 1 atom stereocenters. The third-order valence-electron chi connectivity index (χ3n) is 5.45. The van der Waals surface area contributed by atoms with Crippen LogP contribution >= 0.6 is 0 Å². The normalized spacial score (nSPS) is 12.0. The maximum atomic E-state index is 14.1. The summed E-state index contributed by atoms with van der Waals surface area (Å²) in [5, 5.41) is 13.1. The number of carboxylic acid groups (broad SMARTS) is 1. The van der Waals surface area contributed by atoms with Gasteiger partial charge < -0.3 is 14.8 Å². The van der Waals surface area contributed by atoms with Gasteiger partial charge in [0.25, 0.3) is 0 Å². The Morgan fingerprint density at radius 1 is 1.06 bits per heavy atom. The molecule has 0 saturated carbocycles. The monoisotopic (exact) mass is 431 g/mol. The molecule has 4 rings (SSSR count). The molecular weight excluding hydrogens is 409 g/mol. The number of rotatable bonds is 5. The molecule has 1 aromatic heterocycles. The highest BCUT2D eigenvalue weighted by molar-refractivity contribution is 5.94. The molecule has 1 heterocycles. The lowest BCUT2D eigenvalue weighted by atomic mass is 10.00. The van der Waals surface area contributed by atoms with Crippen molar-refractivity contribution in [2.24, 2.45) is 0 Å². The number of nitrogens with one attached hydrogen (secondary N) is 1. The minimum absolute atomic E-state index is 0.147. The van der Waals surface area contributed by atoms with Crippen LogP contribution in [-0.4, -0.2) is 11.1 Å². The molecular formula is C26H22FNO4. The SMILES string of the molecule is Cc1cc(C(C)Nc2ccccc2C(=O)O)c2oc(-c3ccc(C)c(F)c3)cc(=O)c2c1. The van der Waals surface area contributed by atoms with E-state index in [1.165, 1.54) is 18.2 Å². The first-order valence-corrected chi connectivity index (χ1v) is 10.2. The fourth-order valence-corrected chi connectivity index (χ4v) is 3.75. The summed E-state index contributed by atoms with van der Waals surface area (Å²) in [4.78, 5) is 24.5. The Morgan fingerprint density at radius 2 is 1.81 bits per heavy atom. The lowest BCUT2D eigenvalue weighted by Gasteiger charge is -2.19. The van der Waals surface area contributed by atoms with Gasteiger partial charge in [0.1, 0.15) is 17.2 Å². The van der Waals surface area contributed by atoms with E-state index in [0.29, 0.717) is 33.3 Å². The van der Waals surface area contributed by atoms with Crippen LogP contribution in [0.1, 0.15) is 40.0 Å². The Hall–Kier alpha value is -3.93. The van der Waals surface area contributed by atoms with Crippen LogP contribution < -0.4 is 10.7 Å². The molecule has 0 aliphatic rings. The third-order valence-corrected chi connectivity index (χ3v) is 5.45. The summed E-state index contributed by atoms with van der Waals surface area (Å²) < 4.78 is 20.2. The van der Waals surface area contributed by atoms with Gasteiger partial charge in [-0.1, -0.05) is 30.3 Å². The van der Waals surface area contributed by atoms with Crippen molar-refractivity contribution in [3.63, 3.8) is 0 Å². The Balaban J connectivity index is 1.85. The number of hydrogen-bond donors (Lipinski definition) is 2. The standard InChI is InChI=1S/C26H22FNO4/c1-14-10-19(16(3)28-22-7-5-4-6-18(22)26(30)31)25-20(11-14)23(29)13-24(32-25)17-9-8-15(2)21(27)12-17/h4-13,16,28H,1-3H3,(H,30,31). The molecule has 0 aliphatic heterocycles. The van der Waals surface area contributed by atoms with Crippen LogP contribution in [0.25, 0.3) is 22.3 Å². The maximum Gasteiger partial charge on any atom is 0.337 e. The van der Waals surface area contributed by atoms with Gasteiger partial charge in [0.15, 0.2) is 5.43 Å². The highest BCUT2D eigenvalue weighted by atomic mass is 19.1. The minimum atomic E-state index is -1.04. The van der Waals surface area contributed by atoms with E-state index in [1.807, 2.05) is 19.9 Å². The summed E-state index contributed by atoms with van der Waals surface area (Å²) in [6.45, 7) is 5.41. The van der Waals surface area contributed by atoms with Crippen LogP contribution in [-0.2, 0) is 0 Å². The van der Waals surface area contributed by atoms with Crippen molar-refractivity contribution >= 4 is 22.6 Å². The molecule has 2 N–H and O–H groups in total. The molecule has 0 spiro atoms. The number of benzene rings is 3. The average molecular weight is 431 g/mol. The molecule has 4 aromatic rings. The lowest BCUT2D eigenvalue weighted by molar-refractivity contribution is 0.0698. The zero-order chi connectivity index (χ0) is 23.0. The van der Waals surface area contributed by atoms with E-state index in [0.717, 1.165) is 5.56 Å². The first-order chi connectivity index (χ1) is 15.2. The predicted octanol–water partition coefficient (Wildman–Crippen LogP) is 6.09. The Labute approximate surface area is 184 Å². The van der Waals surface area contributed by atoms with E-state index in [9.17, 15) is 19.1 Å². The number of aryl methyl sites for hydroxylation is 2. The van der Waals surface area contributed by atoms with Crippen molar-refractivity contribution in [2.45, 2.75) is 26.8 Å². The molecule has 0 aliphatic carbocycles. The predicted molar refractivity (Wildman–Crippen MR) is 123 cm³/mol. The van der Waals surface area contributed by atoms with Crippen LogP contribution in [0.15, 0.2) is 69.9 Å². The first-order valence-electron chi connectivity index (χ1n) is 10.2. The van der Waals surface area contributed by atoms with Crippen LogP contribution in [0.3, 0.4) is 0 Å². The van der Waals surface area contributed by atoms with Gasteiger partial charge in [-0.15, -0.1) is 0 Å². The number of carbonyl (C=O) groups is 1. The van der Waals surface area contributed by atoms with Gasteiger partial charge in [-0.2, -0.15) is 0 Å². The van der Waals surface area contributed by atoms with Crippen molar-refractivity contribution in [3.05, 3.63) is 99.0 Å². The molecule has 1 unspecified atom stereocenters. The fraction of sp³-hybridized carbons (Fsp3) is 0.154. The second-order valence-electron chi connectivity index (χ2n) is 7.89. The molecule has 32 heavy (non-hydrogen) atoms. The molecule has 0 fully saturated rings. The number of para-hydroxylation sites is 1. The summed E-state index contributed by atoms with van der Waals surface area (Å²) in [5.74, 6) is -1.15.